The Morgan fingerprint density at radius 1 is 1.42 bits per heavy atom. The van der Waals surface area contributed by atoms with Gasteiger partial charge in [0.1, 0.15) is 0 Å². The van der Waals surface area contributed by atoms with Crippen LogP contribution in [0, 0.1) is 6.92 Å². The van der Waals surface area contributed by atoms with Crippen molar-refractivity contribution in [3.63, 3.8) is 0 Å². The Kier molecular flexibility index (Phi) is 1.89. The van der Waals surface area contributed by atoms with Crippen LogP contribution in [0.15, 0.2) is 0 Å². The smallest absolute Gasteiger partial charge is 0.223 e. The van der Waals surface area contributed by atoms with Crippen molar-refractivity contribution < 1.29 is 4.74 Å². The summed E-state index contributed by atoms with van der Waals surface area (Å²) >= 11 is 5.70. The molecule has 0 fully saturated rings. The van der Waals surface area contributed by atoms with Gasteiger partial charge in [-0.3, -0.25) is 0 Å². The van der Waals surface area contributed by atoms with Crippen LogP contribution in [0.3, 0.4) is 0 Å². The van der Waals surface area contributed by atoms with E-state index in [2.05, 4.69) is 9.97 Å². The number of hydrogen-bond donors (Lipinski definition) is 0. The quantitative estimate of drug-likeness (QED) is 0.577. The summed E-state index contributed by atoms with van der Waals surface area (Å²) in [7, 11) is 0. The molecule has 3 nitrogen and oxygen atoms in total. The molecule has 1 aromatic heterocycles. The van der Waals surface area contributed by atoms with E-state index in [1.807, 2.05) is 6.92 Å². The molecule has 0 N–H and O–H groups in total. The van der Waals surface area contributed by atoms with Gasteiger partial charge in [-0.05, 0) is 31.4 Å². The maximum Gasteiger partial charge on any atom is 0.223 e. The highest BCUT2D eigenvalue weighted by molar-refractivity contribution is 6.28. The third-order valence-electron chi connectivity index (χ3n) is 1.88. The molecule has 0 atom stereocenters. The van der Waals surface area contributed by atoms with Crippen LogP contribution >= 0.6 is 11.6 Å². The molecule has 0 saturated heterocycles. The lowest BCUT2D eigenvalue weighted by atomic mass is 10.1. The number of rotatable bonds is 0. The minimum absolute atomic E-state index is 0.316. The summed E-state index contributed by atoms with van der Waals surface area (Å²) in [5, 5.41) is 0.316. The van der Waals surface area contributed by atoms with Crippen molar-refractivity contribution >= 4 is 11.6 Å². The fourth-order valence-corrected chi connectivity index (χ4v) is 1.58. The van der Waals surface area contributed by atoms with E-state index in [0.717, 1.165) is 36.6 Å². The Hall–Kier alpha value is -0.830. The van der Waals surface area contributed by atoms with Gasteiger partial charge in [0, 0.05) is 0 Å². The van der Waals surface area contributed by atoms with Gasteiger partial charge in [-0.25, -0.2) is 9.97 Å². The zero-order valence-electron chi connectivity index (χ0n) is 6.80. The molecule has 2 rings (SSSR count). The lowest BCUT2D eigenvalue weighted by Crippen LogP contribution is -2.12. The summed E-state index contributed by atoms with van der Waals surface area (Å²) < 4.78 is 5.43. The molecule has 1 aliphatic heterocycles. The highest BCUT2D eigenvalue weighted by atomic mass is 35.5. The topological polar surface area (TPSA) is 35.0 Å². The predicted molar refractivity (Wildman–Crippen MR) is 45.6 cm³/mol. The first-order chi connectivity index (χ1) is 5.77. The van der Waals surface area contributed by atoms with E-state index in [4.69, 9.17) is 16.3 Å². The molecule has 0 amide bonds. The zero-order valence-corrected chi connectivity index (χ0v) is 7.56. The van der Waals surface area contributed by atoms with Gasteiger partial charge in [0.2, 0.25) is 5.28 Å². The number of hydrogen-bond acceptors (Lipinski definition) is 3. The van der Waals surface area contributed by atoms with Gasteiger partial charge in [0.05, 0.1) is 18.0 Å². The van der Waals surface area contributed by atoms with Gasteiger partial charge in [-0.2, -0.15) is 0 Å². The van der Waals surface area contributed by atoms with E-state index in [-0.39, 0.29) is 0 Å². The van der Waals surface area contributed by atoms with Crippen molar-refractivity contribution in [2.45, 2.75) is 19.8 Å². The minimum atomic E-state index is 0.316. The summed E-state index contributed by atoms with van der Waals surface area (Å²) in [6.45, 7) is 2.65. The van der Waals surface area contributed by atoms with Crippen LogP contribution in [0.5, 0.6) is 5.75 Å². The molecule has 0 spiro atoms. The molecule has 0 saturated carbocycles. The molecule has 4 heteroatoms. The molecule has 12 heavy (non-hydrogen) atoms. The van der Waals surface area contributed by atoms with E-state index in [9.17, 15) is 0 Å². The summed E-state index contributed by atoms with van der Waals surface area (Å²) in [5.41, 5.74) is 1.78. The molecule has 2 heterocycles. The normalized spacial score (nSPS) is 15.2. The number of ether oxygens (including phenoxy) is 1. The number of nitrogens with zero attached hydrogens (tertiary/aromatic N) is 2. The van der Waals surface area contributed by atoms with E-state index >= 15 is 0 Å². The van der Waals surface area contributed by atoms with Gasteiger partial charge >= 0.3 is 0 Å². The second kappa shape index (κ2) is 2.90. The van der Waals surface area contributed by atoms with Crippen LogP contribution < -0.4 is 4.74 Å². The molecule has 1 aromatic rings. The largest absolute Gasteiger partial charge is 0.490 e. The van der Waals surface area contributed by atoms with Crippen LogP contribution in [-0.2, 0) is 6.42 Å². The summed E-state index contributed by atoms with van der Waals surface area (Å²) in [6, 6.07) is 0. The fraction of sp³-hybridized carbons (Fsp3) is 0.500. The third kappa shape index (κ3) is 1.25. The van der Waals surface area contributed by atoms with E-state index < -0.39 is 0 Å². The second-order valence-corrected chi connectivity index (χ2v) is 3.14. The van der Waals surface area contributed by atoms with E-state index in [0.29, 0.717) is 5.28 Å². The van der Waals surface area contributed by atoms with Crippen molar-refractivity contribution in [2.75, 3.05) is 6.61 Å². The first-order valence-electron chi connectivity index (χ1n) is 3.93. The maximum absolute atomic E-state index is 5.70. The first-order valence-corrected chi connectivity index (χ1v) is 4.31. The van der Waals surface area contributed by atoms with E-state index in [1.54, 1.807) is 0 Å². The Balaban J connectivity index is 2.53. The van der Waals surface area contributed by atoms with Crippen molar-refractivity contribution in [1.29, 1.82) is 0 Å². The van der Waals surface area contributed by atoms with Crippen LogP contribution in [0.25, 0.3) is 0 Å². The van der Waals surface area contributed by atoms with Crippen molar-refractivity contribution in [1.82, 2.24) is 9.97 Å². The molecule has 0 unspecified atom stereocenters. The first kappa shape index (κ1) is 7.80. The number of aromatic nitrogens is 2. The zero-order chi connectivity index (χ0) is 8.55. The monoisotopic (exact) mass is 184 g/mol. The molecule has 0 aliphatic carbocycles. The van der Waals surface area contributed by atoms with Gasteiger partial charge in [0.15, 0.2) is 5.75 Å². The number of aryl methyl sites for hydroxylation is 2. The average Bonchev–Trinajstić information content (AvgIpc) is 2.04. The summed E-state index contributed by atoms with van der Waals surface area (Å²) in [4.78, 5) is 8.12. The van der Waals surface area contributed by atoms with Crippen LogP contribution in [-0.4, -0.2) is 16.6 Å². The molecular weight excluding hydrogens is 176 g/mol. The van der Waals surface area contributed by atoms with Crippen LogP contribution in [0.1, 0.15) is 17.8 Å². The molecule has 0 aromatic carbocycles. The highest BCUT2D eigenvalue weighted by Crippen LogP contribution is 2.26. The Morgan fingerprint density at radius 3 is 3.08 bits per heavy atom. The fourth-order valence-electron chi connectivity index (χ4n) is 1.36. The Bertz CT molecular complexity index is 314. The number of fused-ring (bicyclic) bond motifs is 1. The van der Waals surface area contributed by atoms with Crippen molar-refractivity contribution in [3.8, 4) is 5.75 Å². The summed E-state index contributed by atoms with van der Waals surface area (Å²) in [6.07, 6.45) is 1.96. The maximum atomic E-state index is 5.70. The second-order valence-electron chi connectivity index (χ2n) is 2.81. The molecule has 1 aliphatic rings. The minimum Gasteiger partial charge on any atom is -0.490 e. The molecule has 0 bridgehead atoms. The average molecular weight is 185 g/mol. The summed E-state index contributed by atoms with van der Waals surface area (Å²) in [5.74, 6) is 0.825. The van der Waals surface area contributed by atoms with Gasteiger partial charge in [0.25, 0.3) is 0 Å². The van der Waals surface area contributed by atoms with Crippen molar-refractivity contribution in [2.24, 2.45) is 0 Å². The van der Waals surface area contributed by atoms with E-state index in [1.165, 1.54) is 0 Å². The van der Waals surface area contributed by atoms with Gasteiger partial charge < -0.3 is 4.74 Å². The lowest BCUT2D eigenvalue weighted by Gasteiger charge is -2.17. The van der Waals surface area contributed by atoms with Crippen LogP contribution in [0.4, 0.5) is 0 Å². The van der Waals surface area contributed by atoms with Crippen LogP contribution in [0.2, 0.25) is 5.28 Å². The SMILES string of the molecule is Cc1nc(Cl)nc2c1OCCC2. The molecule has 0 radical (unpaired) electrons. The van der Waals surface area contributed by atoms with Gasteiger partial charge in [-0.15, -0.1) is 0 Å². The highest BCUT2D eigenvalue weighted by Gasteiger charge is 2.15. The third-order valence-corrected chi connectivity index (χ3v) is 2.05. The molecular formula is C8H9ClN2O. The predicted octanol–water partition coefficient (Wildman–Crippen LogP) is 1.76. The van der Waals surface area contributed by atoms with Crippen molar-refractivity contribution in [3.05, 3.63) is 16.7 Å². The Labute approximate surface area is 75.7 Å². The standard InChI is InChI=1S/C8H9ClN2O/c1-5-7-6(3-2-4-12-7)11-8(9)10-5/h2-4H2,1H3. The molecule has 64 valence electrons. The lowest BCUT2D eigenvalue weighted by molar-refractivity contribution is 0.281. The Morgan fingerprint density at radius 2 is 2.25 bits per heavy atom. The number of halogens is 1. The van der Waals surface area contributed by atoms with Gasteiger partial charge in [-0.1, -0.05) is 0 Å².